The van der Waals surface area contributed by atoms with E-state index in [2.05, 4.69) is 0 Å². The Balaban J connectivity index is 1.66. The van der Waals surface area contributed by atoms with Crippen LogP contribution in [0.1, 0.15) is 38.5 Å². The smallest absolute Gasteiger partial charge is 0.139 e. The number of carbonyl (C=O) groups is 1. The standard InChI is InChI=1S/C15H25NO2S/c16-9-12-2-1-3-13(12)14(17)11-4-6-18-15(8-11)5-7-19-10-15/h11-13H,1-10,16H2. The largest absolute Gasteiger partial charge is 0.374 e. The fraction of sp³-hybridized carbons (Fsp3) is 0.933. The Morgan fingerprint density at radius 3 is 3.00 bits per heavy atom. The van der Waals surface area contributed by atoms with E-state index < -0.39 is 0 Å². The Bertz CT molecular complexity index is 341. The molecule has 2 heterocycles. The normalized spacial score (nSPS) is 42.9. The van der Waals surface area contributed by atoms with E-state index in [9.17, 15) is 4.79 Å². The van der Waals surface area contributed by atoms with Gasteiger partial charge in [0.2, 0.25) is 0 Å². The van der Waals surface area contributed by atoms with Gasteiger partial charge >= 0.3 is 0 Å². The molecule has 2 N–H and O–H groups in total. The minimum Gasteiger partial charge on any atom is -0.374 e. The summed E-state index contributed by atoms with van der Waals surface area (Å²) in [5.74, 6) is 3.72. The van der Waals surface area contributed by atoms with Gasteiger partial charge in [-0.25, -0.2) is 0 Å². The van der Waals surface area contributed by atoms with Crippen molar-refractivity contribution < 1.29 is 9.53 Å². The van der Waals surface area contributed by atoms with Crippen molar-refractivity contribution in [1.82, 2.24) is 0 Å². The van der Waals surface area contributed by atoms with Gasteiger partial charge in [-0.15, -0.1) is 0 Å². The van der Waals surface area contributed by atoms with Crippen molar-refractivity contribution in [3.05, 3.63) is 0 Å². The third kappa shape index (κ3) is 2.72. The molecule has 108 valence electrons. The third-order valence-electron chi connectivity index (χ3n) is 5.29. The second kappa shape index (κ2) is 5.74. The molecule has 1 aliphatic carbocycles. The Morgan fingerprint density at radius 1 is 1.37 bits per heavy atom. The second-order valence-corrected chi connectivity index (χ2v) is 7.56. The molecule has 1 saturated carbocycles. The first kappa shape index (κ1) is 13.9. The molecule has 4 heteroatoms. The van der Waals surface area contributed by atoms with Crippen LogP contribution in [0, 0.1) is 17.8 Å². The number of ether oxygens (including phenoxy) is 1. The lowest BCUT2D eigenvalue weighted by molar-refractivity contribution is -0.138. The molecular formula is C15H25NO2S. The monoisotopic (exact) mass is 283 g/mol. The number of ketones is 1. The number of rotatable bonds is 3. The fourth-order valence-corrected chi connectivity index (χ4v) is 5.51. The van der Waals surface area contributed by atoms with Crippen LogP contribution in [0.4, 0.5) is 0 Å². The van der Waals surface area contributed by atoms with Crippen LogP contribution >= 0.6 is 11.8 Å². The van der Waals surface area contributed by atoms with Gasteiger partial charge in [0, 0.05) is 24.2 Å². The highest BCUT2D eigenvalue weighted by molar-refractivity contribution is 7.99. The summed E-state index contributed by atoms with van der Waals surface area (Å²) in [6.07, 6.45) is 6.43. The van der Waals surface area contributed by atoms with E-state index in [4.69, 9.17) is 10.5 Å². The molecule has 3 aliphatic rings. The molecule has 2 saturated heterocycles. The van der Waals surface area contributed by atoms with Gasteiger partial charge < -0.3 is 10.5 Å². The first-order valence-electron chi connectivity index (χ1n) is 7.70. The molecule has 1 spiro atoms. The molecule has 0 bridgehead atoms. The maximum absolute atomic E-state index is 12.8. The van der Waals surface area contributed by atoms with Crippen LogP contribution in [0.5, 0.6) is 0 Å². The number of hydrogen-bond donors (Lipinski definition) is 1. The Morgan fingerprint density at radius 2 is 2.26 bits per heavy atom. The topological polar surface area (TPSA) is 52.3 Å². The van der Waals surface area contributed by atoms with Crippen LogP contribution in [0.25, 0.3) is 0 Å². The minimum absolute atomic E-state index is 0.0278. The van der Waals surface area contributed by atoms with Crippen LogP contribution in [-0.2, 0) is 9.53 Å². The van der Waals surface area contributed by atoms with Gasteiger partial charge in [-0.3, -0.25) is 4.79 Å². The number of thioether (sulfide) groups is 1. The fourth-order valence-electron chi connectivity index (χ4n) is 4.13. The van der Waals surface area contributed by atoms with Crippen molar-refractivity contribution in [2.75, 3.05) is 24.7 Å². The molecule has 0 aromatic carbocycles. The first-order chi connectivity index (χ1) is 9.24. The zero-order valence-corrected chi connectivity index (χ0v) is 12.4. The molecule has 4 unspecified atom stereocenters. The van der Waals surface area contributed by atoms with Gasteiger partial charge in [-0.05, 0) is 50.3 Å². The minimum atomic E-state index is 0.0278. The summed E-state index contributed by atoms with van der Waals surface area (Å²) >= 11 is 1.97. The van der Waals surface area contributed by atoms with E-state index in [1.165, 1.54) is 12.2 Å². The average Bonchev–Trinajstić information content (AvgIpc) is 3.07. The summed E-state index contributed by atoms with van der Waals surface area (Å²) < 4.78 is 6.02. The molecule has 0 amide bonds. The molecule has 0 aromatic heterocycles. The van der Waals surface area contributed by atoms with Crippen LogP contribution in [0.3, 0.4) is 0 Å². The van der Waals surface area contributed by atoms with Crippen molar-refractivity contribution in [3.63, 3.8) is 0 Å². The molecule has 2 aliphatic heterocycles. The molecule has 3 rings (SSSR count). The SMILES string of the molecule is NCC1CCCC1C(=O)C1CCOC2(CCSC2)C1. The molecule has 19 heavy (non-hydrogen) atoms. The predicted octanol–water partition coefficient (Wildman–Crippen LogP) is 2.23. The van der Waals surface area contributed by atoms with Crippen LogP contribution in [0.2, 0.25) is 0 Å². The van der Waals surface area contributed by atoms with E-state index in [1.54, 1.807) is 0 Å². The van der Waals surface area contributed by atoms with E-state index in [1.807, 2.05) is 11.8 Å². The number of carbonyl (C=O) groups excluding carboxylic acids is 1. The van der Waals surface area contributed by atoms with E-state index in [0.717, 1.165) is 44.5 Å². The van der Waals surface area contributed by atoms with Gasteiger partial charge in [0.25, 0.3) is 0 Å². The summed E-state index contributed by atoms with van der Waals surface area (Å²) in [4.78, 5) is 12.8. The van der Waals surface area contributed by atoms with Crippen LogP contribution in [0.15, 0.2) is 0 Å². The van der Waals surface area contributed by atoms with Gasteiger partial charge in [-0.1, -0.05) is 6.42 Å². The summed E-state index contributed by atoms with van der Waals surface area (Å²) in [7, 11) is 0. The maximum Gasteiger partial charge on any atom is 0.139 e. The highest BCUT2D eigenvalue weighted by Gasteiger charge is 2.45. The molecule has 3 fully saturated rings. The highest BCUT2D eigenvalue weighted by Crippen LogP contribution is 2.43. The Hall–Kier alpha value is -0.0600. The van der Waals surface area contributed by atoms with Crippen molar-refractivity contribution >= 4 is 17.5 Å². The van der Waals surface area contributed by atoms with Crippen molar-refractivity contribution in [1.29, 1.82) is 0 Å². The van der Waals surface area contributed by atoms with Crippen molar-refractivity contribution in [2.45, 2.75) is 44.1 Å². The summed E-state index contributed by atoms with van der Waals surface area (Å²) in [5, 5.41) is 0. The lowest BCUT2D eigenvalue weighted by atomic mass is 9.77. The number of hydrogen-bond acceptors (Lipinski definition) is 4. The Kier molecular flexibility index (Phi) is 4.20. The molecule has 3 nitrogen and oxygen atoms in total. The van der Waals surface area contributed by atoms with E-state index >= 15 is 0 Å². The van der Waals surface area contributed by atoms with Crippen molar-refractivity contribution in [3.8, 4) is 0 Å². The summed E-state index contributed by atoms with van der Waals surface area (Å²) in [5.41, 5.74) is 5.85. The zero-order chi connectivity index (χ0) is 13.3. The molecule has 0 aromatic rings. The first-order valence-corrected chi connectivity index (χ1v) is 8.85. The van der Waals surface area contributed by atoms with Gasteiger partial charge in [-0.2, -0.15) is 11.8 Å². The van der Waals surface area contributed by atoms with E-state index in [-0.39, 0.29) is 17.4 Å². The zero-order valence-electron chi connectivity index (χ0n) is 11.6. The van der Waals surface area contributed by atoms with Crippen LogP contribution < -0.4 is 5.73 Å². The van der Waals surface area contributed by atoms with Crippen LogP contribution in [-0.4, -0.2) is 36.0 Å². The van der Waals surface area contributed by atoms with Crippen molar-refractivity contribution in [2.24, 2.45) is 23.5 Å². The quantitative estimate of drug-likeness (QED) is 0.863. The van der Waals surface area contributed by atoms with Gasteiger partial charge in [0.15, 0.2) is 0 Å². The maximum atomic E-state index is 12.8. The lowest BCUT2D eigenvalue weighted by Gasteiger charge is -2.38. The molecular weight excluding hydrogens is 258 g/mol. The molecule has 0 radical (unpaired) electrons. The number of Topliss-reactive ketones (excluding diaryl/α,β-unsaturated/α-hetero) is 1. The third-order valence-corrected chi connectivity index (χ3v) is 6.51. The van der Waals surface area contributed by atoms with Gasteiger partial charge in [0.1, 0.15) is 5.78 Å². The van der Waals surface area contributed by atoms with E-state index in [0.29, 0.717) is 18.2 Å². The predicted molar refractivity (Wildman–Crippen MR) is 78.2 cm³/mol. The average molecular weight is 283 g/mol. The lowest BCUT2D eigenvalue weighted by Crippen LogP contribution is -2.44. The second-order valence-electron chi connectivity index (χ2n) is 6.46. The highest BCUT2D eigenvalue weighted by atomic mass is 32.2. The summed E-state index contributed by atoms with van der Waals surface area (Å²) in [6, 6.07) is 0. The Labute approximate surface area is 120 Å². The number of nitrogens with two attached hydrogens (primary N) is 1. The van der Waals surface area contributed by atoms with Gasteiger partial charge in [0.05, 0.1) is 5.60 Å². The summed E-state index contributed by atoms with van der Waals surface area (Å²) in [6.45, 7) is 1.46. The molecule has 4 atom stereocenters.